The summed E-state index contributed by atoms with van der Waals surface area (Å²) in [6.45, 7) is 2.73. The fraction of sp³-hybridized carbons (Fsp3) is 0.600. The number of hydroxylamine groups is 2. The Hall–Kier alpha value is -0.680. The van der Waals surface area contributed by atoms with Crippen molar-refractivity contribution in [1.29, 1.82) is 0 Å². The molecule has 1 rings (SSSR count). The third kappa shape index (κ3) is 0.975. The van der Waals surface area contributed by atoms with Crippen LogP contribution in [-0.4, -0.2) is 39.3 Å². The maximum absolute atomic E-state index is 10.7. The van der Waals surface area contributed by atoms with E-state index in [0.29, 0.717) is 11.6 Å². The molecule has 10 heavy (non-hydrogen) atoms. The minimum absolute atomic E-state index is 0.200. The monoisotopic (exact) mass is 160 g/mol. The highest BCUT2D eigenvalue weighted by Gasteiger charge is 2.30. The van der Waals surface area contributed by atoms with E-state index < -0.39 is 0 Å². The molecule has 0 aromatic rings. The third-order valence-corrected chi connectivity index (χ3v) is 1.83. The summed E-state index contributed by atoms with van der Waals surface area (Å²) in [4.78, 5) is 12.3. The first-order valence-electron chi connectivity index (χ1n) is 2.97. The number of hydrogen-bond acceptors (Lipinski definition) is 3. The van der Waals surface area contributed by atoms with Gasteiger partial charge in [0.1, 0.15) is 6.54 Å². The highest BCUT2D eigenvalue weighted by Crippen LogP contribution is 2.06. The number of nitrogens with zero attached hydrogens (tertiary/aromatic N) is 2. The lowest BCUT2D eigenvalue weighted by Crippen LogP contribution is -2.29. The third-order valence-electron chi connectivity index (χ3n) is 1.40. The van der Waals surface area contributed by atoms with Gasteiger partial charge in [-0.3, -0.25) is 10.0 Å². The smallest absolute Gasteiger partial charge is 0.272 e. The predicted octanol–water partition coefficient (Wildman–Crippen LogP) is -0.175. The normalized spacial score (nSPS) is 19.0. The molecule has 1 saturated heterocycles. The van der Waals surface area contributed by atoms with Crippen molar-refractivity contribution in [2.75, 3.05) is 13.1 Å². The second kappa shape index (κ2) is 2.51. The summed E-state index contributed by atoms with van der Waals surface area (Å²) in [5, 5.41) is 9.58. The van der Waals surface area contributed by atoms with Crippen LogP contribution < -0.4 is 0 Å². The second-order valence-corrected chi connectivity index (χ2v) is 2.37. The van der Waals surface area contributed by atoms with Crippen LogP contribution in [0.4, 0.5) is 0 Å². The maximum atomic E-state index is 10.7. The van der Waals surface area contributed by atoms with Crippen LogP contribution in [0, 0.1) is 0 Å². The van der Waals surface area contributed by atoms with Crippen LogP contribution in [0.2, 0.25) is 0 Å². The molecular weight excluding hydrogens is 152 g/mol. The van der Waals surface area contributed by atoms with Gasteiger partial charge in [0.2, 0.25) is 5.11 Å². The van der Waals surface area contributed by atoms with Gasteiger partial charge in [0.25, 0.3) is 5.91 Å². The van der Waals surface area contributed by atoms with Crippen LogP contribution in [0.1, 0.15) is 6.92 Å². The van der Waals surface area contributed by atoms with Gasteiger partial charge >= 0.3 is 0 Å². The number of hydrogen-bond donors (Lipinski definition) is 1. The van der Waals surface area contributed by atoms with E-state index >= 15 is 0 Å². The van der Waals surface area contributed by atoms with Crippen molar-refractivity contribution in [1.82, 2.24) is 9.96 Å². The van der Waals surface area contributed by atoms with E-state index in [2.05, 4.69) is 0 Å². The fourth-order valence-corrected chi connectivity index (χ4v) is 1.08. The van der Waals surface area contributed by atoms with Gasteiger partial charge in [0, 0.05) is 6.54 Å². The number of likely N-dealkylation sites (N-methyl/N-ethyl adjacent to an activating group) is 1. The van der Waals surface area contributed by atoms with Gasteiger partial charge in [-0.05, 0) is 19.1 Å². The molecule has 1 aliphatic rings. The summed E-state index contributed by atoms with van der Waals surface area (Å²) < 4.78 is 0. The Kier molecular flexibility index (Phi) is 1.87. The molecule has 1 amide bonds. The Morgan fingerprint density at radius 3 is 2.60 bits per heavy atom. The number of amides is 1. The maximum Gasteiger partial charge on any atom is 0.272 e. The molecule has 1 N–H and O–H groups in total. The van der Waals surface area contributed by atoms with E-state index in [-0.39, 0.29) is 17.6 Å². The molecule has 56 valence electrons. The Morgan fingerprint density at radius 1 is 1.80 bits per heavy atom. The minimum Gasteiger partial charge on any atom is -0.338 e. The van der Waals surface area contributed by atoms with Crippen molar-refractivity contribution in [2.45, 2.75) is 6.92 Å². The molecule has 0 saturated carbocycles. The summed E-state index contributed by atoms with van der Waals surface area (Å²) in [6.07, 6.45) is 0. The molecule has 1 aliphatic heterocycles. The SMILES string of the molecule is CCN1CC(=O)N(O)C1=S. The Morgan fingerprint density at radius 2 is 2.40 bits per heavy atom. The standard InChI is InChI=1S/C5H8N2O2S/c1-2-6-3-4(8)7(9)5(6)10/h9H,2-3H2,1H3. The summed E-state index contributed by atoms with van der Waals surface area (Å²) in [7, 11) is 0. The molecule has 0 unspecified atom stereocenters. The topological polar surface area (TPSA) is 43.8 Å². The van der Waals surface area contributed by atoms with Gasteiger partial charge in [-0.2, -0.15) is 5.06 Å². The first-order valence-corrected chi connectivity index (χ1v) is 3.38. The summed E-state index contributed by atoms with van der Waals surface area (Å²) >= 11 is 4.72. The lowest BCUT2D eigenvalue weighted by atomic mass is 10.6. The number of rotatable bonds is 1. The summed E-state index contributed by atoms with van der Waals surface area (Å²) in [5.74, 6) is -0.355. The first kappa shape index (κ1) is 7.43. The van der Waals surface area contributed by atoms with E-state index in [0.717, 1.165) is 0 Å². The van der Waals surface area contributed by atoms with Crippen LogP contribution >= 0.6 is 12.2 Å². The Balaban J connectivity index is 2.71. The van der Waals surface area contributed by atoms with Gasteiger partial charge in [0.15, 0.2) is 0 Å². The second-order valence-electron chi connectivity index (χ2n) is 2.00. The van der Waals surface area contributed by atoms with Gasteiger partial charge < -0.3 is 4.90 Å². The van der Waals surface area contributed by atoms with Crippen molar-refractivity contribution in [2.24, 2.45) is 0 Å². The van der Waals surface area contributed by atoms with Crippen molar-refractivity contribution in [3.63, 3.8) is 0 Å². The lowest BCUT2D eigenvalue weighted by molar-refractivity contribution is -0.144. The van der Waals surface area contributed by atoms with Crippen molar-refractivity contribution in [3.05, 3.63) is 0 Å². The van der Waals surface area contributed by atoms with E-state index in [1.165, 1.54) is 0 Å². The van der Waals surface area contributed by atoms with Gasteiger partial charge in [-0.15, -0.1) is 0 Å². The molecule has 4 nitrogen and oxygen atoms in total. The average molecular weight is 160 g/mol. The lowest BCUT2D eigenvalue weighted by Gasteiger charge is -2.12. The van der Waals surface area contributed by atoms with Crippen LogP contribution in [0.25, 0.3) is 0 Å². The largest absolute Gasteiger partial charge is 0.338 e. The fourth-order valence-electron chi connectivity index (χ4n) is 0.786. The molecule has 1 heterocycles. The van der Waals surface area contributed by atoms with Crippen molar-refractivity contribution in [3.8, 4) is 0 Å². The molecule has 0 spiro atoms. The average Bonchev–Trinajstić information content (AvgIpc) is 2.17. The minimum atomic E-state index is -0.355. The molecular formula is C5H8N2O2S. The van der Waals surface area contributed by atoms with Gasteiger partial charge in [-0.1, -0.05) is 0 Å². The van der Waals surface area contributed by atoms with Crippen molar-refractivity contribution < 1.29 is 10.0 Å². The molecule has 0 atom stereocenters. The highest BCUT2D eigenvalue weighted by molar-refractivity contribution is 7.80. The predicted molar refractivity (Wildman–Crippen MR) is 38.5 cm³/mol. The molecule has 0 bridgehead atoms. The number of carbonyl (C=O) groups excluding carboxylic acids is 1. The summed E-state index contributed by atoms with van der Waals surface area (Å²) in [6, 6.07) is 0. The Labute approximate surface area is 64.0 Å². The van der Waals surface area contributed by atoms with Gasteiger partial charge in [0.05, 0.1) is 0 Å². The molecule has 1 fully saturated rings. The van der Waals surface area contributed by atoms with Crippen LogP contribution in [0.3, 0.4) is 0 Å². The molecule has 0 radical (unpaired) electrons. The van der Waals surface area contributed by atoms with Gasteiger partial charge in [-0.25, -0.2) is 0 Å². The Bertz CT molecular complexity index is 182. The molecule has 0 aromatic carbocycles. The van der Waals surface area contributed by atoms with Crippen LogP contribution in [0.5, 0.6) is 0 Å². The van der Waals surface area contributed by atoms with Crippen LogP contribution in [0.15, 0.2) is 0 Å². The molecule has 0 aliphatic carbocycles. The molecule has 0 aromatic heterocycles. The van der Waals surface area contributed by atoms with Crippen molar-refractivity contribution >= 4 is 23.2 Å². The molecule has 5 heteroatoms. The zero-order valence-corrected chi connectivity index (χ0v) is 6.39. The first-order chi connectivity index (χ1) is 4.66. The zero-order valence-electron chi connectivity index (χ0n) is 5.57. The van der Waals surface area contributed by atoms with Crippen LogP contribution in [-0.2, 0) is 4.79 Å². The van der Waals surface area contributed by atoms with E-state index in [1.807, 2.05) is 6.92 Å². The quantitative estimate of drug-likeness (QED) is 0.427. The van der Waals surface area contributed by atoms with E-state index in [9.17, 15) is 4.79 Å². The number of thiocarbonyl (C=S) groups is 1. The number of carbonyl (C=O) groups is 1. The highest BCUT2D eigenvalue weighted by atomic mass is 32.1. The van der Waals surface area contributed by atoms with E-state index in [1.54, 1.807) is 4.90 Å². The summed E-state index contributed by atoms with van der Waals surface area (Å²) in [5.41, 5.74) is 0. The zero-order chi connectivity index (χ0) is 7.72. The van der Waals surface area contributed by atoms with E-state index in [4.69, 9.17) is 17.4 Å².